The van der Waals surface area contributed by atoms with Crippen LogP contribution in [0.1, 0.15) is 40.1 Å². The van der Waals surface area contributed by atoms with Gasteiger partial charge in [0.1, 0.15) is 0 Å². The molecule has 0 radical (unpaired) electrons. The normalized spacial score (nSPS) is 18.9. The van der Waals surface area contributed by atoms with Gasteiger partial charge in [-0.1, -0.05) is 80.6 Å². The third-order valence-electron chi connectivity index (χ3n) is 5.70. The van der Waals surface area contributed by atoms with Crippen molar-refractivity contribution in [2.75, 3.05) is 11.9 Å². The van der Waals surface area contributed by atoms with Gasteiger partial charge in [-0.25, -0.2) is 0 Å². The van der Waals surface area contributed by atoms with Crippen molar-refractivity contribution in [2.24, 2.45) is 0 Å². The molecule has 0 atom stereocenters. The highest BCUT2D eigenvalue weighted by atomic mass is 16.2. The predicted octanol–water partition coefficient (Wildman–Crippen LogP) is 5.42. The van der Waals surface area contributed by atoms with Gasteiger partial charge in [0.05, 0.1) is 5.57 Å². The molecule has 0 N–H and O–H groups in total. The Balaban J connectivity index is 1.49. The van der Waals surface area contributed by atoms with E-state index in [2.05, 4.69) is 56.1 Å². The standard InChI is InChI=1S/C26H23NO2/c1-26(2)21-15-10-11-16-22(21)27(3)23(26)17-7-5-4-6-14-20-24(28)18-12-8-9-13-19(18)25(20)29/h4-17H,1-3H3/b6-4-,7-5-,23-17+. The number of para-hydroxylation sites is 1. The molecule has 3 nitrogen and oxygen atoms in total. The van der Waals surface area contributed by atoms with E-state index < -0.39 is 0 Å². The van der Waals surface area contributed by atoms with E-state index >= 15 is 0 Å². The van der Waals surface area contributed by atoms with Gasteiger partial charge in [0.2, 0.25) is 0 Å². The fraction of sp³-hybridized carbons (Fsp3) is 0.154. The topological polar surface area (TPSA) is 37.4 Å². The van der Waals surface area contributed by atoms with E-state index in [4.69, 9.17) is 0 Å². The number of nitrogens with zero attached hydrogens (tertiary/aromatic N) is 1. The molecule has 1 heterocycles. The number of anilines is 1. The first-order chi connectivity index (χ1) is 13.9. The smallest absolute Gasteiger partial charge is 0.197 e. The Morgan fingerprint density at radius 2 is 1.31 bits per heavy atom. The van der Waals surface area contributed by atoms with E-state index in [9.17, 15) is 9.59 Å². The summed E-state index contributed by atoms with van der Waals surface area (Å²) in [5.74, 6) is -0.401. The van der Waals surface area contributed by atoms with Crippen LogP contribution in [-0.2, 0) is 5.41 Å². The van der Waals surface area contributed by atoms with E-state index in [1.54, 1.807) is 36.4 Å². The Kier molecular flexibility index (Phi) is 4.67. The Hall–Kier alpha value is -3.46. The molecular weight excluding hydrogens is 358 g/mol. The highest BCUT2D eigenvalue weighted by molar-refractivity contribution is 6.39. The van der Waals surface area contributed by atoms with Crippen LogP contribution in [-0.4, -0.2) is 18.6 Å². The van der Waals surface area contributed by atoms with Gasteiger partial charge in [-0.15, -0.1) is 0 Å². The van der Waals surface area contributed by atoms with Gasteiger partial charge >= 0.3 is 0 Å². The predicted molar refractivity (Wildman–Crippen MR) is 117 cm³/mol. The molecule has 0 aromatic heterocycles. The minimum absolute atomic E-state index is 0.0597. The SMILES string of the molecule is CN1/C(=C/C=C\C=C/C=C2C(=O)c3ccccc3C2=O)C(C)(C)c2ccccc21. The fourth-order valence-corrected chi connectivity index (χ4v) is 4.15. The van der Waals surface area contributed by atoms with Crippen molar-refractivity contribution in [3.05, 3.63) is 113 Å². The van der Waals surface area contributed by atoms with E-state index in [1.165, 1.54) is 16.9 Å². The molecule has 0 amide bonds. The Bertz CT molecular complexity index is 1090. The summed E-state index contributed by atoms with van der Waals surface area (Å²) in [6.07, 6.45) is 11.2. The van der Waals surface area contributed by atoms with E-state index in [0.29, 0.717) is 11.1 Å². The van der Waals surface area contributed by atoms with Crippen molar-refractivity contribution in [1.29, 1.82) is 0 Å². The van der Waals surface area contributed by atoms with Crippen molar-refractivity contribution in [2.45, 2.75) is 19.3 Å². The lowest BCUT2D eigenvalue weighted by atomic mass is 9.84. The Labute approximate surface area is 171 Å². The first-order valence-corrected chi connectivity index (χ1v) is 9.70. The van der Waals surface area contributed by atoms with Gasteiger partial charge < -0.3 is 4.90 Å². The van der Waals surface area contributed by atoms with Crippen LogP contribution >= 0.6 is 0 Å². The zero-order chi connectivity index (χ0) is 20.6. The van der Waals surface area contributed by atoms with Gasteiger partial charge in [0.25, 0.3) is 0 Å². The molecule has 0 fully saturated rings. The van der Waals surface area contributed by atoms with E-state index in [1.807, 2.05) is 18.2 Å². The van der Waals surface area contributed by atoms with Gasteiger partial charge in [-0.2, -0.15) is 0 Å². The number of likely N-dealkylation sites (N-methyl/N-ethyl adjacent to an activating group) is 1. The molecule has 29 heavy (non-hydrogen) atoms. The van der Waals surface area contributed by atoms with Gasteiger partial charge in [0.15, 0.2) is 11.6 Å². The summed E-state index contributed by atoms with van der Waals surface area (Å²) in [7, 11) is 2.09. The molecule has 0 saturated heterocycles. The zero-order valence-corrected chi connectivity index (χ0v) is 16.8. The number of hydrogen-bond acceptors (Lipinski definition) is 3. The molecule has 1 aliphatic carbocycles. The number of rotatable bonds is 3. The van der Waals surface area contributed by atoms with Crippen LogP contribution in [0, 0.1) is 0 Å². The summed E-state index contributed by atoms with van der Waals surface area (Å²) in [6.45, 7) is 4.45. The second-order valence-corrected chi connectivity index (χ2v) is 7.81. The summed E-state index contributed by atoms with van der Waals surface area (Å²) in [5, 5.41) is 0. The monoisotopic (exact) mass is 381 g/mol. The average Bonchev–Trinajstić information content (AvgIpc) is 3.08. The lowest BCUT2D eigenvalue weighted by Gasteiger charge is -2.23. The van der Waals surface area contributed by atoms with Crippen LogP contribution in [0.4, 0.5) is 5.69 Å². The second-order valence-electron chi connectivity index (χ2n) is 7.81. The maximum atomic E-state index is 12.4. The molecule has 2 aromatic rings. The summed E-state index contributed by atoms with van der Waals surface area (Å²) in [6, 6.07) is 15.4. The van der Waals surface area contributed by atoms with E-state index in [-0.39, 0.29) is 22.6 Å². The highest BCUT2D eigenvalue weighted by Crippen LogP contribution is 2.46. The maximum Gasteiger partial charge on any atom is 0.197 e. The summed E-state index contributed by atoms with van der Waals surface area (Å²) < 4.78 is 0. The molecule has 1 aliphatic heterocycles. The first-order valence-electron chi connectivity index (χ1n) is 9.70. The highest BCUT2D eigenvalue weighted by Gasteiger charge is 2.37. The maximum absolute atomic E-state index is 12.4. The molecule has 144 valence electrons. The van der Waals surface area contributed by atoms with Gasteiger partial charge in [0, 0.05) is 35.0 Å². The number of hydrogen-bond donors (Lipinski definition) is 0. The third kappa shape index (κ3) is 3.09. The molecule has 2 aromatic carbocycles. The molecule has 3 heteroatoms. The molecule has 0 bridgehead atoms. The van der Waals surface area contributed by atoms with Crippen molar-refractivity contribution >= 4 is 17.3 Å². The number of allylic oxidation sites excluding steroid dienone is 8. The first kappa shape index (κ1) is 18.9. The Morgan fingerprint density at radius 3 is 1.93 bits per heavy atom. The molecule has 0 spiro atoms. The van der Waals surface area contributed by atoms with Crippen molar-refractivity contribution in [1.82, 2.24) is 0 Å². The van der Waals surface area contributed by atoms with Crippen molar-refractivity contribution in [3.63, 3.8) is 0 Å². The number of carbonyl (C=O) groups excluding carboxylic acids is 2. The van der Waals surface area contributed by atoms with E-state index in [0.717, 1.165) is 0 Å². The van der Waals surface area contributed by atoms with Gasteiger partial charge in [-0.05, 0) is 23.8 Å². The number of fused-ring (bicyclic) bond motifs is 2. The van der Waals surface area contributed by atoms with Crippen LogP contribution in [0.15, 0.2) is 96.3 Å². The van der Waals surface area contributed by atoms with Crippen molar-refractivity contribution < 1.29 is 9.59 Å². The largest absolute Gasteiger partial charge is 0.347 e. The van der Waals surface area contributed by atoms with Crippen LogP contribution in [0.5, 0.6) is 0 Å². The molecule has 4 rings (SSSR count). The fourth-order valence-electron chi connectivity index (χ4n) is 4.15. The van der Waals surface area contributed by atoms with Crippen molar-refractivity contribution in [3.8, 4) is 0 Å². The number of carbonyl (C=O) groups is 2. The van der Waals surface area contributed by atoms with Crippen LogP contribution in [0.3, 0.4) is 0 Å². The number of benzene rings is 2. The van der Waals surface area contributed by atoms with Crippen LogP contribution in [0.2, 0.25) is 0 Å². The zero-order valence-electron chi connectivity index (χ0n) is 16.8. The van der Waals surface area contributed by atoms with Crippen LogP contribution < -0.4 is 4.90 Å². The molecule has 2 aliphatic rings. The molecule has 0 saturated carbocycles. The number of ketones is 2. The lowest BCUT2D eigenvalue weighted by Crippen LogP contribution is -2.22. The van der Waals surface area contributed by atoms with Crippen LogP contribution in [0.25, 0.3) is 0 Å². The summed E-state index contributed by atoms with van der Waals surface area (Å²) >= 11 is 0. The minimum Gasteiger partial charge on any atom is -0.347 e. The summed E-state index contributed by atoms with van der Waals surface area (Å²) in [5.41, 5.74) is 4.91. The quantitative estimate of drug-likeness (QED) is 0.405. The number of Topliss-reactive ketones (excluding diaryl/α,β-unsaturated/α-hetero) is 2. The third-order valence-corrected chi connectivity index (χ3v) is 5.70. The second kappa shape index (κ2) is 7.17. The summed E-state index contributed by atoms with van der Waals surface area (Å²) in [4.78, 5) is 26.9. The molecular formula is C26H23NO2. The average molecular weight is 381 g/mol. The molecule has 0 unspecified atom stereocenters. The minimum atomic E-state index is -0.201. The van der Waals surface area contributed by atoms with Gasteiger partial charge in [-0.3, -0.25) is 9.59 Å². The lowest BCUT2D eigenvalue weighted by molar-refractivity contribution is 0.0989. The Morgan fingerprint density at radius 1 is 0.759 bits per heavy atom.